The number of aromatic nitrogens is 1. The highest BCUT2D eigenvalue weighted by Gasteiger charge is 2.14. The van der Waals surface area contributed by atoms with Gasteiger partial charge < -0.3 is 0 Å². The number of benzene rings is 1. The van der Waals surface area contributed by atoms with Gasteiger partial charge in [-0.25, -0.2) is 13.4 Å². The van der Waals surface area contributed by atoms with Crippen molar-refractivity contribution in [2.75, 3.05) is 0 Å². The minimum atomic E-state index is -3.60. The molecule has 0 spiro atoms. The van der Waals surface area contributed by atoms with Crippen molar-refractivity contribution in [1.82, 2.24) is 4.98 Å². The Morgan fingerprint density at radius 3 is 2.47 bits per heavy atom. The zero-order valence-electron chi connectivity index (χ0n) is 9.62. The molecule has 1 heterocycles. The molecule has 0 fully saturated rings. The first kappa shape index (κ1) is 14.1. The summed E-state index contributed by atoms with van der Waals surface area (Å²) in [6, 6.07) is 9.61. The highest BCUT2D eigenvalue weighted by Crippen LogP contribution is 2.23. The minimum absolute atomic E-state index is 0.0629. The topological polar surface area (TPSA) is 47.0 Å². The lowest BCUT2D eigenvalue weighted by atomic mass is 10.3. The number of pyridine rings is 1. The lowest BCUT2D eigenvalue weighted by molar-refractivity contribution is 0.605. The van der Waals surface area contributed by atoms with E-state index in [2.05, 4.69) is 4.98 Å². The maximum Gasteiger partial charge on any atom is 0.201 e. The van der Waals surface area contributed by atoms with Crippen LogP contribution in [0, 0.1) is 0 Å². The number of halogens is 2. The van der Waals surface area contributed by atoms with Crippen molar-refractivity contribution in [3.8, 4) is 0 Å². The fraction of sp³-hybridized carbons (Fsp3) is 0. The van der Waals surface area contributed by atoms with E-state index in [4.69, 9.17) is 23.2 Å². The first-order valence-electron chi connectivity index (χ1n) is 5.29. The molecule has 1 aromatic carbocycles. The lowest BCUT2D eigenvalue weighted by Crippen LogP contribution is -1.96. The fourth-order valence-electron chi connectivity index (χ4n) is 1.43. The first-order chi connectivity index (χ1) is 9.00. The van der Waals surface area contributed by atoms with Crippen LogP contribution in [-0.2, 0) is 9.84 Å². The Balaban J connectivity index is 2.38. The second kappa shape index (κ2) is 5.74. The van der Waals surface area contributed by atoms with Crippen LogP contribution >= 0.6 is 23.2 Å². The van der Waals surface area contributed by atoms with Gasteiger partial charge in [0.05, 0.1) is 9.92 Å². The zero-order valence-corrected chi connectivity index (χ0v) is 12.0. The zero-order chi connectivity index (χ0) is 13.9. The molecule has 1 aromatic heterocycles. The van der Waals surface area contributed by atoms with Gasteiger partial charge in [-0.15, -0.1) is 0 Å². The smallest absolute Gasteiger partial charge is 0.201 e. The molecule has 0 saturated heterocycles. The lowest BCUT2D eigenvalue weighted by Gasteiger charge is -2.01. The molecule has 0 unspecified atom stereocenters. The average molecular weight is 314 g/mol. The van der Waals surface area contributed by atoms with E-state index in [0.717, 1.165) is 5.41 Å². The number of hydrogen-bond donors (Lipinski definition) is 0. The van der Waals surface area contributed by atoms with Crippen molar-refractivity contribution < 1.29 is 8.42 Å². The van der Waals surface area contributed by atoms with Gasteiger partial charge in [-0.05, 0) is 24.3 Å². The molecule has 2 rings (SSSR count). The maximum atomic E-state index is 12.1. The van der Waals surface area contributed by atoms with Gasteiger partial charge in [0.2, 0.25) is 9.84 Å². The van der Waals surface area contributed by atoms with E-state index in [1.54, 1.807) is 24.3 Å². The molecule has 0 radical (unpaired) electrons. The molecule has 0 aliphatic rings. The van der Waals surface area contributed by atoms with Gasteiger partial charge in [-0.2, -0.15) is 0 Å². The Labute approximate surface area is 121 Å². The van der Waals surface area contributed by atoms with Crippen molar-refractivity contribution in [3.63, 3.8) is 0 Å². The third-order valence-electron chi connectivity index (χ3n) is 2.36. The Morgan fingerprint density at radius 2 is 1.79 bits per heavy atom. The van der Waals surface area contributed by atoms with Gasteiger partial charge in [0.1, 0.15) is 5.15 Å². The minimum Gasteiger partial charge on any atom is -0.244 e. The molecule has 6 heteroatoms. The normalized spacial score (nSPS) is 11.9. The van der Waals surface area contributed by atoms with Crippen LogP contribution in [-0.4, -0.2) is 13.4 Å². The van der Waals surface area contributed by atoms with E-state index >= 15 is 0 Å². The second-order valence-electron chi connectivity index (χ2n) is 3.66. The van der Waals surface area contributed by atoms with Crippen LogP contribution < -0.4 is 0 Å². The van der Waals surface area contributed by atoms with E-state index < -0.39 is 9.84 Å². The molecule has 0 atom stereocenters. The fourth-order valence-corrected chi connectivity index (χ4v) is 3.16. The van der Waals surface area contributed by atoms with E-state index in [9.17, 15) is 8.42 Å². The van der Waals surface area contributed by atoms with E-state index in [0.29, 0.717) is 5.56 Å². The summed E-state index contributed by atoms with van der Waals surface area (Å²) in [5.74, 6) is 0. The Hall–Kier alpha value is -1.36. The second-order valence-corrected chi connectivity index (χ2v) is 6.23. The van der Waals surface area contributed by atoms with Crippen LogP contribution in [0.2, 0.25) is 10.2 Å². The molecule has 0 N–H and O–H groups in total. The average Bonchev–Trinajstić information content (AvgIpc) is 2.38. The molecule has 0 bridgehead atoms. The molecule has 19 heavy (non-hydrogen) atoms. The van der Waals surface area contributed by atoms with Crippen molar-refractivity contribution in [3.05, 3.63) is 63.7 Å². The van der Waals surface area contributed by atoms with Gasteiger partial charge in [0.25, 0.3) is 0 Å². The highest BCUT2D eigenvalue weighted by atomic mass is 35.5. The summed E-state index contributed by atoms with van der Waals surface area (Å²) in [6.07, 6.45) is 2.93. The standard InChI is InChI=1S/C13H9Cl2NO2S/c14-11-5-1-2-6-12(11)19(17,18)9-7-10-4-3-8-16-13(10)15/h1-9H/b9-7+. The molecular weight excluding hydrogens is 305 g/mol. The highest BCUT2D eigenvalue weighted by molar-refractivity contribution is 7.94. The first-order valence-corrected chi connectivity index (χ1v) is 7.59. The molecular formula is C13H9Cl2NO2S. The van der Waals surface area contributed by atoms with Crippen LogP contribution in [0.4, 0.5) is 0 Å². The van der Waals surface area contributed by atoms with Crippen molar-refractivity contribution in [1.29, 1.82) is 0 Å². The van der Waals surface area contributed by atoms with E-state index in [1.165, 1.54) is 24.4 Å². The molecule has 0 amide bonds. The monoisotopic (exact) mass is 313 g/mol. The third kappa shape index (κ3) is 3.35. The number of hydrogen-bond acceptors (Lipinski definition) is 3. The summed E-state index contributed by atoms with van der Waals surface area (Å²) in [6.45, 7) is 0. The quantitative estimate of drug-likeness (QED) is 0.809. The maximum absolute atomic E-state index is 12.1. The van der Waals surface area contributed by atoms with E-state index in [-0.39, 0.29) is 15.1 Å². The van der Waals surface area contributed by atoms with Crippen molar-refractivity contribution in [2.45, 2.75) is 4.90 Å². The molecule has 0 aliphatic heterocycles. The number of rotatable bonds is 3. The van der Waals surface area contributed by atoms with Crippen molar-refractivity contribution >= 4 is 39.1 Å². The Bertz CT molecular complexity index is 727. The Morgan fingerprint density at radius 1 is 1.05 bits per heavy atom. The molecule has 3 nitrogen and oxygen atoms in total. The third-order valence-corrected chi connectivity index (χ3v) is 4.58. The Kier molecular flexibility index (Phi) is 4.24. The summed E-state index contributed by atoms with van der Waals surface area (Å²) < 4.78 is 24.2. The van der Waals surface area contributed by atoms with E-state index in [1.807, 2.05) is 0 Å². The van der Waals surface area contributed by atoms with Crippen LogP contribution in [0.25, 0.3) is 6.08 Å². The summed E-state index contributed by atoms with van der Waals surface area (Å²) in [5.41, 5.74) is 0.528. The summed E-state index contributed by atoms with van der Waals surface area (Å²) in [4.78, 5) is 3.93. The largest absolute Gasteiger partial charge is 0.244 e. The van der Waals surface area contributed by atoms with Crippen LogP contribution in [0.1, 0.15) is 5.56 Å². The van der Waals surface area contributed by atoms with Gasteiger partial charge in [-0.3, -0.25) is 0 Å². The van der Waals surface area contributed by atoms with Crippen LogP contribution in [0.15, 0.2) is 52.9 Å². The molecule has 0 aliphatic carbocycles. The predicted molar refractivity (Wildman–Crippen MR) is 76.9 cm³/mol. The summed E-state index contributed by atoms with van der Waals surface area (Å²) >= 11 is 11.7. The molecule has 2 aromatic rings. The summed E-state index contributed by atoms with van der Waals surface area (Å²) in [7, 11) is -3.60. The van der Waals surface area contributed by atoms with Crippen molar-refractivity contribution in [2.24, 2.45) is 0 Å². The SMILES string of the molecule is O=S(=O)(/C=C/c1cccnc1Cl)c1ccccc1Cl. The van der Waals surface area contributed by atoms with Gasteiger partial charge >= 0.3 is 0 Å². The van der Waals surface area contributed by atoms with Gasteiger partial charge in [0.15, 0.2) is 0 Å². The number of nitrogens with zero attached hydrogens (tertiary/aromatic N) is 1. The van der Waals surface area contributed by atoms with Gasteiger partial charge in [-0.1, -0.05) is 41.4 Å². The summed E-state index contributed by atoms with van der Waals surface area (Å²) in [5, 5.41) is 1.49. The number of sulfone groups is 1. The molecule has 98 valence electrons. The van der Waals surface area contributed by atoms with Crippen LogP contribution in [0.3, 0.4) is 0 Å². The predicted octanol–water partition coefficient (Wildman–Crippen LogP) is 3.83. The van der Waals surface area contributed by atoms with Crippen LogP contribution in [0.5, 0.6) is 0 Å². The molecule has 0 saturated carbocycles. The van der Waals surface area contributed by atoms with Gasteiger partial charge in [0, 0.05) is 17.2 Å².